The van der Waals surface area contributed by atoms with Gasteiger partial charge in [0.15, 0.2) is 5.96 Å². The molecule has 0 radical (unpaired) electrons. The van der Waals surface area contributed by atoms with Gasteiger partial charge in [0.2, 0.25) is 0 Å². The Hall–Kier alpha value is -2.76. The van der Waals surface area contributed by atoms with Crippen LogP contribution in [0.4, 0.5) is 4.39 Å². The summed E-state index contributed by atoms with van der Waals surface area (Å²) in [4.78, 5) is 4.14. The average Bonchev–Trinajstić information content (AvgIpc) is 2.62. The summed E-state index contributed by atoms with van der Waals surface area (Å²) in [7, 11) is 3.32. The summed E-state index contributed by atoms with van der Waals surface area (Å²) < 4.78 is 23.7. The molecule has 0 aromatic heterocycles. The van der Waals surface area contributed by atoms with E-state index in [9.17, 15) is 4.39 Å². The average molecular weight is 331 g/mol. The fourth-order valence-electron chi connectivity index (χ4n) is 2.04. The van der Waals surface area contributed by atoms with Crippen molar-refractivity contribution in [3.8, 4) is 11.5 Å². The first-order chi connectivity index (χ1) is 11.7. The quantitative estimate of drug-likeness (QED) is 0.465. The van der Waals surface area contributed by atoms with Crippen LogP contribution in [0.5, 0.6) is 11.5 Å². The third-order valence-electron chi connectivity index (χ3n) is 3.30. The molecule has 2 N–H and O–H groups in total. The Bertz CT molecular complexity index is 660. The number of benzene rings is 2. The highest BCUT2D eigenvalue weighted by atomic mass is 19.1. The fourth-order valence-corrected chi connectivity index (χ4v) is 2.04. The van der Waals surface area contributed by atoms with Gasteiger partial charge in [-0.2, -0.15) is 0 Å². The Morgan fingerprint density at radius 2 is 1.83 bits per heavy atom. The standard InChI is InChI=1S/C18H22FN3O2/c1-20-18(22-13-14-6-8-15(19)9-7-14)21-10-11-24-17-5-3-4-16(12-17)23-2/h3-9,12H,10-11,13H2,1-2H3,(H2,20,21,22). The van der Waals surface area contributed by atoms with Crippen LogP contribution in [-0.4, -0.2) is 33.3 Å². The topological polar surface area (TPSA) is 54.9 Å². The molecule has 0 saturated carbocycles. The Balaban J connectivity index is 1.70. The highest BCUT2D eigenvalue weighted by Crippen LogP contribution is 2.18. The van der Waals surface area contributed by atoms with Crippen molar-refractivity contribution in [2.75, 3.05) is 27.3 Å². The number of methoxy groups -OCH3 is 1. The number of rotatable bonds is 7. The number of ether oxygens (including phenoxy) is 2. The molecule has 6 heteroatoms. The molecule has 0 amide bonds. The molecule has 0 fully saturated rings. The summed E-state index contributed by atoms with van der Waals surface area (Å²) in [6.45, 7) is 1.65. The summed E-state index contributed by atoms with van der Waals surface area (Å²) in [6, 6.07) is 13.8. The van der Waals surface area contributed by atoms with Crippen molar-refractivity contribution in [1.82, 2.24) is 10.6 Å². The molecule has 0 aliphatic carbocycles. The van der Waals surface area contributed by atoms with Gasteiger partial charge in [0, 0.05) is 19.7 Å². The predicted molar refractivity (Wildman–Crippen MR) is 93.1 cm³/mol. The number of nitrogens with one attached hydrogen (secondary N) is 2. The van der Waals surface area contributed by atoms with Crippen LogP contribution in [-0.2, 0) is 6.54 Å². The zero-order valence-electron chi connectivity index (χ0n) is 13.9. The molecule has 0 spiro atoms. The van der Waals surface area contributed by atoms with Crippen molar-refractivity contribution in [2.24, 2.45) is 4.99 Å². The Morgan fingerprint density at radius 3 is 2.54 bits per heavy atom. The number of hydrogen-bond donors (Lipinski definition) is 2. The van der Waals surface area contributed by atoms with Crippen LogP contribution in [0.25, 0.3) is 0 Å². The number of aliphatic imine (C=N–C) groups is 1. The van der Waals surface area contributed by atoms with Gasteiger partial charge >= 0.3 is 0 Å². The third-order valence-corrected chi connectivity index (χ3v) is 3.30. The Morgan fingerprint density at radius 1 is 1.08 bits per heavy atom. The van der Waals surface area contributed by atoms with E-state index < -0.39 is 0 Å². The van der Waals surface area contributed by atoms with Crippen LogP contribution in [0.15, 0.2) is 53.5 Å². The molecular weight excluding hydrogens is 309 g/mol. The smallest absolute Gasteiger partial charge is 0.191 e. The van der Waals surface area contributed by atoms with Gasteiger partial charge in [-0.15, -0.1) is 0 Å². The SMILES string of the molecule is CN=C(NCCOc1cccc(OC)c1)NCc1ccc(F)cc1. The molecule has 2 aromatic carbocycles. The highest BCUT2D eigenvalue weighted by molar-refractivity contribution is 5.79. The van der Waals surface area contributed by atoms with Crippen LogP contribution >= 0.6 is 0 Å². The molecule has 0 saturated heterocycles. The van der Waals surface area contributed by atoms with E-state index >= 15 is 0 Å². The van der Waals surface area contributed by atoms with E-state index in [1.54, 1.807) is 26.3 Å². The molecule has 2 rings (SSSR count). The van der Waals surface area contributed by atoms with Crippen molar-refractivity contribution in [3.63, 3.8) is 0 Å². The number of hydrogen-bond acceptors (Lipinski definition) is 3. The van der Waals surface area contributed by atoms with E-state index in [1.807, 2.05) is 24.3 Å². The van der Waals surface area contributed by atoms with Crippen molar-refractivity contribution < 1.29 is 13.9 Å². The second-order valence-electron chi connectivity index (χ2n) is 5.01. The molecule has 2 aromatic rings. The molecule has 0 aliphatic rings. The zero-order valence-corrected chi connectivity index (χ0v) is 13.9. The van der Waals surface area contributed by atoms with Crippen LogP contribution in [0.3, 0.4) is 0 Å². The lowest BCUT2D eigenvalue weighted by Crippen LogP contribution is -2.38. The van der Waals surface area contributed by atoms with E-state index in [1.165, 1.54) is 12.1 Å². The van der Waals surface area contributed by atoms with Crippen molar-refractivity contribution in [3.05, 3.63) is 59.9 Å². The minimum Gasteiger partial charge on any atom is -0.497 e. The van der Waals surface area contributed by atoms with Crippen molar-refractivity contribution >= 4 is 5.96 Å². The lowest BCUT2D eigenvalue weighted by Gasteiger charge is -2.13. The summed E-state index contributed by atoms with van der Waals surface area (Å²) in [6.07, 6.45) is 0. The van der Waals surface area contributed by atoms with Gasteiger partial charge < -0.3 is 20.1 Å². The first-order valence-corrected chi connectivity index (χ1v) is 7.67. The second-order valence-corrected chi connectivity index (χ2v) is 5.01. The third kappa shape index (κ3) is 5.79. The van der Waals surface area contributed by atoms with Gasteiger partial charge in [-0.1, -0.05) is 18.2 Å². The van der Waals surface area contributed by atoms with E-state index in [0.717, 1.165) is 17.1 Å². The van der Waals surface area contributed by atoms with Crippen molar-refractivity contribution in [1.29, 1.82) is 0 Å². The van der Waals surface area contributed by atoms with Gasteiger partial charge in [-0.05, 0) is 29.8 Å². The molecule has 0 bridgehead atoms. The molecule has 5 nitrogen and oxygen atoms in total. The van der Waals surface area contributed by atoms with E-state index in [0.29, 0.717) is 25.7 Å². The predicted octanol–water partition coefficient (Wildman–Crippen LogP) is 2.58. The molecule has 128 valence electrons. The number of guanidine groups is 1. The van der Waals surface area contributed by atoms with Gasteiger partial charge in [0.05, 0.1) is 13.7 Å². The largest absolute Gasteiger partial charge is 0.497 e. The highest BCUT2D eigenvalue weighted by Gasteiger charge is 2.00. The summed E-state index contributed by atoms with van der Waals surface area (Å²) in [5.74, 6) is 1.94. The van der Waals surface area contributed by atoms with Gasteiger partial charge in [-0.3, -0.25) is 4.99 Å². The number of halogens is 1. The van der Waals surface area contributed by atoms with Crippen LogP contribution in [0.2, 0.25) is 0 Å². The maximum Gasteiger partial charge on any atom is 0.191 e. The van der Waals surface area contributed by atoms with E-state index in [2.05, 4.69) is 15.6 Å². The first kappa shape index (κ1) is 17.6. The van der Waals surface area contributed by atoms with Crippen LogP contribution in [0, 0.1) is 5.82 Å². The maximum atomic E-state index is 12.9. The second kappa shape index (κ2) is 9.39. The molecule has 0 unspecified atom stereocenters. The number of nitrogens with zero attached hydrogens (tertiary/aromatic N) is 1. The zero-order chi connectivity index (χ0) is 17.2. The maximum absolute atomic E-state index is 12.9. The summed E-state index contributed by atoms with van der Waals surface area (Å²) in [5.41, 5.74) is 0.979. The molecule has 0 aliphatic heterocycles. The lowest BCUT2D eigenvalue weighted by molar-refractivity contribution is 0.319. The van der Waals surface area contributed by atoms with Gasteiger partial charge in [-0.25, -0.2) is 4.39 Å². The van der Waals surface area contributed by atoms with E-state index in [4.69, 9.17) is 9.47 Å². The monoisotopic (exact) mass is 331 g/mol. The lowest BCUT2D eigenvalue weighted by atomic mass is 10.2. The van der Waals surface area contributed by atoms with Crippen molar-refractivity contribution in [2.45, 2.75) is 6.54 Å². The summed E-state index contributed by atoms with van der Waals surface area (Å²) in [5, 5.41) is 6.32. The summed E-state index contributed by atoms with van der Waals surface area (Å²) >= 11 is 0. The Kier molecular flexibility index (Phi) is 6.89. The fraction of sp³-hybridized carbons (Fsp3) is 0.278. The van der Waals surface area contributed by atoms with Crippen LogP contribution < -0.4 is 20.1 Å². The molecule has 24 heavy (non-hydrogen) atoms. The molecule has 0 atom stereocenters. The van der Waals surface area contributed by atoms with Gasteiger partial charge in [0.1, 0.15) is 23.9 Å². The first-order valence-electron chi connectivity index (χ1n) is 7.67. The van der Waals surface area contributed by atoms with E-state index in [-0.39, 0.29) is 5.82 Å². The van der Waals surface area contributed by atoms with Crippen LogP contribution in [0.1, 0.15) is 5.56 Å². The minimum absolute atomic E-state index is 0.240. The molecule has 0 heterocycles. The minimum atomic E-state index is -0.240. The Labute approximate surface area is 141 Å². The normalized spacial score (nSPS) is 11.0. The van der Waals surface area contributed by atoms with Gasteiger partial charge in [0.25, 0.3) is 0 Å². The molecular formula is C18H22FN3O2.